The van der Waals surface area contributed by atoms with Crippen molar-refractivity contribution >= 4 is 40.0 Å². The Kier molecular flexibility index (Phi) is 13.4. The Morgan fingerprint density at radius 3 is 2.62 bits per heavy atom. The van der Waals surface area contributed by atoms with Crippen LogP contribution in [0.5, 0.6) is 0 Å². The Hall–Kier alpha value is -0.980. The van der Waals surface area contributed by atoms with Crippen molar-refractivity contribution < 1.29 is 13.2 Å². The first-order valence-electron chi connectivity index (χ1n) is 10.2. The van der Waals surface area contributed by atoms with Gasteiger partial charge in [0.05, 0.1) is 19.3 Å². The zero-order valence-electron chi connectivity index (χ0n) is 17.1. The lowest BCUT2D eigenvalue weighted by atomic mass is 10.1. The number of rotatable bonds is 10. The van der Waals surface area contributed by atoms with Crippen LogP contribution in [-0.2, 0) is 14.8 Å². The van der Waals surface area contributed by atoms with Gasteiger partial charge in [-0.05, 0) is 31.9 Å². The third kappa shape index (κ3) is 10.6. The van der Waals surface area contributed by atoms with Crippen molar-refractivity contribution in [2.45, 2.75) is 56.4 Å². The normalized spacial score (nSPS) is 16.0. The van der Waals surface area contributed by atoms with Crippen molar-refractivity contribution in [2.24, 2.45) is 4.99 Å². The van der Waals surface area contributed by atoms with Crippen LogP contribution in [0.25, 0.3) is 0 Å². The second kappa shape index (κ2) is 14.9. The van der Waals surface area contributed by atoms with Crippen LogP contribution in [-0.4, -0.2) is 58.3 Å². The SMILES string of the molecule is CCNC(=NCCNS(=O)(=O)c1cccnc1)NCCOC1CCCCCC1.I. The Balaban J connectivity index is 0.00000420. The highest BCUT2D eigenvalue weighted by atomic mass is 127. The van der Waals surface area contributed by atoms with E-state index in [-0.39, 0.29) is 35.4 Å². The van der Waals surface area contributed by atoms with E-state index in [1.165, 1.54) is 44.1 Å². The number of pyridine rings is 1. The van der Waals surface area contributed by atoms with Crippen LogP contribution in [0, 0.1) is 0 Å². The molecule has 8 nitrogen and oxygen atoms in total. The Bertz CT molecular complexity index is 680. The fraction of sp³-hybridized carbons (Fsp3) is 0.684. The summed E-state index contributed by atoms with van der Waals surface area (Å²) in [6, 6.07) is 3.11. The molecule has 0 atom stereocenters. The van der Waals surface area contributed by atoms with E-state index < -0.39 is 10.0 Å². The van der Waals surface area contributed by atoms with Crippen LogP contribution < -0.4 is 15.4 Å². The summed E-state index contributed by atoms with van der Waals surface area (Å²) in [6.07, 6.45) is 10.7. The van der Waals surface area contributed by atoms with Crippen LogP contribution >= 0.6 is 24.0 Å². The highest BCUT2D eigenvalue weighted by Crippen LogP contribution is 2.19. The molecule has 0 amide bonds. The predicted octanol–water partition coefficient (Wildman–Crippen LogP) is 2.27. The fourth-order valence-electron chi connectivity index (χ4n) is 3.08. The smallest absolute Gasteiger partial charge is 0.242 e. The molecule has 29 heavy (non-hydrogen) atoms. The Labute approximate surface area is 191 Å². The molecule has 1 fully saturated rings. The van der Waals surface area contributed by atoms with Crippen LogP contribution in [0.3, 0.4) is 0 Å². The fourth-order valence-corrected chi connectivity index (χ4v) is 4.07. The van der Waals surface area contributed by atoms with Gasteiger partial charge in [-0.15, -0.1) is 24.0 Å². The summed E-state index contributed by atoms with van der Waals surface area (Å²) in [4.78, 5) is 8.39. The lowest BCUT2D eigenvalue weighted by Crippen LogP contribution is -2.40. The predicted molar refractivity (Wildman–Crippen MR) is 126 cm³/mol. The first kappa shape index (κ1) is 26.1. The van der Waals surface area contributed by atoms with E-state index in [4.69, 9.17) is 4.74 Å². The van der Waals surface area contributed by atoms with E-state index in [0.29, 0.717) is 31.8 Å². The van der Waals surface area contributed by atoms with Gasteiger partial charge < -0.3 is 15.4 Å². The monoisotopic (exact) mass is 539 g/mol. The highest BCUT2D eigenvalue weighted by Gasteiger charge is 2.13. The molecule has 0 bridgehead atoms. The van der Waals surface area contributed by atoms with Gasteiger partial charge in [0.25, 0.3) is 0 Å². The zero-order valence-corrected chi connectivity index (χ0v) is 20.2. The minimum Gasteiger partial charge on any atom is -0.376 e. The molecule has 1 heterocycles. The quantitative estimate of drug-likeness (QED) is 0.139. The minimum atomic E-state index is -3.55. The average molecular weight is 539 g/mol. The number of halogens is 1. The molecule has 0 spiro atoms. The van der Waals surface area contributed by atoms with Gasteiger partial charge in [0.2, 0.25) is 10.0 Å². The van der Waals surface area contributed by atoms with E-state index in [1.807, 2.05) is 6.92 Å². The number of sulfonamides is 1. The lowest BCUT2D eigenvalue weighted by molar-refractivity contribution is 0.0468. The Morgan fingerprint density at radius 1 is 1.21 bits per heavy atom. The maximum atomic E-state index is 12.1. The second-order valence-electron chi connectivity index (χ2n) is 6.76. The zero-order chi connectivity index (χ0) is 20.1. The summed E-state index contributed by atoms with van der Waals surface area (Å²) < 4.78 is 32.8. The summed E-state index contributed by atoms with van der Waals surface area (Å²) >= 11 is 0. The number of hydrogen-bond acceptors (Lipinski definition) is 5. The molecule has 1 aromatic rings. The molecule has 0 aromatic carbocycles. The van der Waals surface area contributed by atoms with Crippen LogP contribution in [0.15, 0.2) is 34.4 Å². The van der Waals surface area contributed by atoms with Crippen molar-refractivity contribution in [1.29, 1.82) is 0 Å². The average Bonchev–Trinajstić information content (AvgIpc) is 2.98. The van der Waals surface area contributed by atoms with Crippen LogP contribution in [0.1, 0.15) is 45.4 Å². The molecule has 1 aliphatic carbocycles. The standard InChI is InChI=1S/C19H33N5O3S.HI/c1-2-21-19(23-14-15-27-17-8-5-3-4-6-9-17)22-12-13-24-28(25,26)18-10-7-11-20-16-18;/h7,10-11,16-17,24H,2-6,8-9,12-15H2,1H3,(H2,21,22,23);1H. The molecule has 166 valence electrons. The van der Waals surface area contributed by atoms with Gasteiger partial charge >= 0.3 is 0 Å². The first-order chi connectivity index (χ1) is 13.6. The van der Waals surface area contributed by atoms with Gasteiger partial charge in [0.15, 0.2) is 5.96 Å². The number of ether oxygens (including phenoxy) is 1. The minimum absolute atomic E-state index is 0. The number of nitrogens with one attached hydrogen (secondary N) is 3. The van der Waals surface area contributed by atoms with Crippen molar-refractivity contribution in [1.82, 2.24) is 20.3 Å². The molecule has 1 aromatic heterocycles. The molecule has 1 aliphatic rings. The van der Waals surface area contributed by atoms with Crippen molar-refractivity contribution in [3.05, 3.63) is 24.5 Å². The number of hydrogen-bond donors (Lipinski definition) is 3. The van der Waals surface area contributed by atoms with Gasteiger partial charge in [-0.1, -0.05) is 25.7 Å². The summed E-state index contributed by atoms with van der Waals surface area (Å²) in [5, 5.41) is 6.39. The third-order valence-electron chi connectivity index (χ3n) is 4.51. The Morgan fingerprint density at radius 2 is 1.97 bits per heavy atom. The molecule has 3 N–H and O–H groups in total. The maximum absolute atomic E-state index is 12.1. The number of guanidine groups is 1. The van der Waals surface area contributed by atoms with Gasteiger partial charge in [0.1, 0.15) is 4.90 Å². The van der Waals surface area contributed by atoms with Gasteiger partial charge in [-0.3, -0.25) is 9.98 Å². The van der Waals surface area contributed by atoms with E-state index in [0.717, 1.165) is 19.4 Å². The lowest BCUT2D eigenvalue weighted by Gasteiger charge is -2.16. The molecule has 10 heteroatoms. The van der Waals surface area contributed by atoms with Gasteiger partial charge in [-0.25, -0.2) is 13.1 Å². The largest absolute Gasteiger partial charge is 0.376 e. The van der Waals surface area contributed by atoms with E-state index in [9.17, 15) is 8.42 Å². The molecule has 1 saturated carbocycles. The molecule has 2 rings (SSSR count). The summed E-state index contributed by atoms with van der Waals surface area (Å²) in [5.41, 5.74) is 0. The highest BCUT2D eigenvalue weighted by molar-refractivity contribution is 14.0. The molecule has 0 radical (unpaired) electrons. The molecular weight excluding hydrogens is 505 g/mol. The molecular formula is C19H34IN5O3S. The van der Waals surface area contributed by atoms with Gasteiger partial charge in [-0.2, -0.15) is 0 Å². The second-order valence-corrected chi connectivity index (χ2v) is 8.53. The number of nitrogens with zero attached hydrogens (tertiary/aromatic N) is 2. The topological polar surface area (TPSA) is 105 Å². The summed E-state index contributed by atoms with van der Waals surface area (Å²) in [7, 11) is -3.55. The first-order valence-corrected chi connectivity index (χ1v) is 11.6. The van der Waals surface area contributed by atoms with Crippen LogP contribution in [0.4, 0.5) is 0 Å². The van der Waals surface area contributed by atoms with E-state index in [2.05, 4.69) is 25.3 Å². The number of aromatic nitrogens is 1. The van der Waals surface area contributed by atoms with Crippen molar-refractivity contribution in [3.8, 4) is 0 Å². The maximum Gasteiger partial charge on any atom is 0.242 e. The van der Waals surface area contributed by atoms with Crippen molar-refractivity contribution in [2.75, 3.05) is 32.8 Å². The van der Waals surface area contributed by atoms with E-state index >= 15 is 0 Å². The molecule has 0 unspecified atom stereocenters. The molecule has 0 saturated heterocycles. The summed E-state index contributed by atoms with van der Waals surface area (Å²) in [5.74, 6) is 0.660. The third-order valence-corrected chi connectivity index (χ3v) is 5.96. The molecule has 0 aliphatic heterocycles. The van der Waals surface area contributed by atoms with Gasteiger partial charge in [0, 0.05) is 32.0 Å². The van der Waals surface area contributed by atoms with Crippen molar-refractivity contribution in [3.63, 3.8) is 0 Å². The van der Waals surface area contributed by atoms with Crippen LogP contribution in [0.2, 0.25) is 0 Å². The van der Waals surface area contributed by atoms with E-state index in [1.54, 1.807) is 6.07 Å². The summed E-state index contributed by atoms with van der Waals surface area (Å²) in [6.45, 7) is 4.58. The number of aliphatic imine (C=N–C) groups is 1.